The van der Waals surface area contributed by atoms with Gasteiger partial charge in [0.05, 0.1) is 33.1 Å². The fourth-order valence-electron chi connectivity index (χ4n) is 3.26. The molecule has 0 aliphatic rings. The zero-order chi connectivity index (χ0) is 24.9. The van der Waals surface area contributed by atoms with E-state index < -0.39 is 5.91 Å². The number of nitrogens with two attached hydrogens (primary N) is 1. The second-order valence-electron chi connectivity index (χ2n) is 7.18. The number of carbonyl (C=O) groups excluding carboxylic acids is 1. The van der Waals surface area contributed by atoms with Crippen LogP contribution in [0.1, 0.15) is 21.6 Å². The molecule has 180 valence electrons. The van der Waals surface area contributed by atoms with E-state index in [1.807, 2.05) is 31.2 Å². The number of hydrazone groups is 1. The monoisotopic (exact) mass is 478 g/mol. The fraction of sp³-hybridized carbons (Fsp3) is 0.182. The number of aryl methyl sites for hydroxylation is 1. The summed E-state index contributed by atoms with van der Waals surface area (Å²) in [5.41, 5.74) is 10.8. The first-order valence-electron chi connectivity index (χ1n) is 10.2. The molecule has 2 aromatic heterocycles. The highest BCUT2D eigenvalue weighted by Gasteiger charge is 2.25. The predicted octanol–water partition coefficient (Wildman–Crippen LogP) is 2.00. The molecule has 2 aromatic carbocycles. The van der Waals surface area contributed by atoms with Crippen LogP contribution in [-0.4, -0.2) is 58.8 Å². The van der Waals surface area contributed by atoms with Crippen molar-refractivity contribution in [2.75, 3.05) is 27.1 Å². The summed E-state index contributed by atoms with van der Waals surface area (Å²) >= 11 is 0. The Morgan fingerprint density at radius 2 is 1.77 bits per heavy atom. The van der Waals surface area contributed by atoms with Crippen LogP contribution in [0.4, 0.5) is 5.82 Å². The number of amides is 1. The van der Waals surface area contributed by atoms with Crippen LogP contribution in [-0.2, 0) is 0 Å². The normalized spacial score (nSPS) is 11.0. The van der Waals surface area contributed by atoms with Crippen molar-refractivity contribution in [2.45, 2.75) is 6.92 Å². The first kappa shape index (κ1) is 23.2. The van der Waals surface area contributed by atoms with Gasteiger partial charge in [-0.3, -0.25) is 4.79 Å². The van der Waals surface area contributed by atoms with E-state index in [1.54, 1.807) is 12.1 Å². The topological polar surface area (TPSA) is 165 Å². The average Bonchev–Trinajstić information content (AvgIpc) is 3.50. The largest absolute Gasteiger partial charge is 0.496 e. The van der Waals surface area contributed by atoms with Gasteiger partial charge in [0.15, 0.2) is 5.69 Å². The highest BCUT2D eigenvalue weighted by molar-refractivity contribution is 5.99. The predicted molar refractivity (Wildman–Crippen MR) is 125 cm³/mol. The van der Waals surface area contributed by atoms with E-state index in [1.165, 1.54) is 32.2 Å². The average molecular weight is 478 g/mol. The Hall–Kier alpha value is -4.94. The van der Waals surface area contributed by atoms with Crippen molar-refractivity contribution in [1.82, 2.24) is 30.7 Å². The first-order chi connectivity index (χ1) is 17.0. The maximum absolute atomic E-state index is 13.1. The zero-order valence-electron chi connectivity index (χ0n) is 19.3. The summed E-state index contributed by atoms with van der Waals surface area (Å²) in [5, 5.41) is 19.5. The van der Waals surface area contributed by atoms with Gasteiger partial charge in [0.2, 0.25) is 11.6 Å². The molecular weight excluding hydrogens is 456 g/mol. The number of nitrogen functional groups attached to an aromatic ring is 1. The Morgan fingerprint density at radius 3 is 2.34 bits per heavy atom. The van der Waals surface area contributed by atoms with Crippen molar-refractivity contribution in [3.8, 4) is 34.3 Å². The lowest BCUT2D eigenvalue weighted by Crippen LogP contribution is -2.19. The molecule has 13 nitrogen and oxygen atoms in total. The van der Waals surface area contributed by atoms with Gasteiger partial charge in [-0.1, -0.05) is 35.0 Å². The van der Waals surface area contributed by atoms with Gasteiger partial charge in [-0.2, -0.15) is 9.78 Å². The molecule has 3 N–H and O–H groups in total. The molecule has 0 radical (unpaired) electrons. The van der Waals surface area contributed by atoms with Gasteiger partial charge in [-0.05, 0) is 17.2 Å². The minimum absolute atomic E-state index is 0.00747. The van der Waals surface area contributed by atoms with Gasteiger partial charge < -0.3 is 19.9 Å². The van der Waals surface area contributed by atoms with Crippen molar-refractivity contribution in [2.24, 2.45) is 5.10 Å². The third kappa shape index (κ3) is 4.59. The molecule has 0 unspecified atom stereocenters. The molecule has 0 bridgehead atoms. The number of methoxy groups -OCH3 is 3. The van der Waals surface area contributed by atoms with E-state index in [-0.39, 0.29) is 17.3 Å². The highest BCUT2D eigenvalue weighted by Crippen LogP contribution is 2.32. The van der Waals surface area contributed by atoms with E-state index in [4.69, 9.17) is 19.9 Å². The highest BCUT2D eigenvalue weighted by atomic mass is 16.6. The van der Waals surface area contributed by atoms with Crippen LogP contribution in [0.5, 0.6) is 17.2 Å². The maximum atomic E-state index is 13.1. The minimum Gasteiger partial charge on any atom is -0.496 e. The molecule has 2 heterocycles. The summed E-state index contributed by atoms with van der Waals surface area (Å²) in [6.45, 7) is 1.95. The van der Waals surface area contributed by atoms with Crippen LogP contribution in [0.3, 0.4) is 0 Å². The molecule has 0 aliphatic heterocycles. The number of rotatable bonds is 8. The zero-order valence-corrected chi connectivity index (χ0v) is 19.3. The third-order valence-corrected chi connectivity index (χ3v) is 5.02. The molecule has 4 rings (SSSR count). The van der Waals surface area contributed by atoms with Crippen molar-refractivity contribution in [3.63, 3.8) is 0 Å². The molecule has 0 atom stereocenters. The lowest BCUT2D eigenvalue weighted by molar-refractivity contribution is 0.0950. The number of nitrogens with zero attached hydrogens (tertiary/aromatic N) is 6. The summed E-state index contributed by atoms with van der Waals surface area (Å²) in [6, 6.07) is 10.8. The quantitative estimate of drug-likeness (QED) is 0.282. The van der Waals surface area contributed by atoms with E-state index >= 15 is 0 Å². The van der Waals surface area contributed by atoms with Gasteiger partial charge in [-0.25, -0.2) is 10.1 Å². The second-order valence-corrected chi connectivity index (χ2v) is 7.18. The number of aromatic nitrogens is 5. The van der Waals surface area contributed by atoms with E-state index in [2.05, 4.69) is 35.8 Å². The number of ether oxygens (including phenoxy) is 3. The first-order valence-corrected chi connectivity index (χ1v) is 10.2. The summed E-state index contributed by atoms with van der Waals surface area (Å²) in [5.74, 6) is 0.902. The number of carbonyl (C=O) groups is 1. The number of anilines is 1. The lowest BCUT2D eigenvalue weighted by Gasteiger charge is -2.12. The SMILES string of the molecule is COc1cc(OC)c(/C=N/NC(=O)c2nnn(-c3nonc3N)c2-c2ccc(C)cc2)c(OC)c1. The standard InChI is InChI=1S/C22H22N8O5/c1-12-5-7-13(8-6-12)19-18(25-29-30(19)21-20(23)27-35-28-21)22(31)26-24-11-15-16(33-3)9-14(32-2)10-17(15)34-4/h5-11H,1-4H3,(H2,23,27)(H,26,31)/b24-11+. The number of benzene rings is 2. The van der Waals surface area contributed by atoms with Crippen molar-refractivity contribution in [1.29, 1.82) is 0 Å². The Morgan fingerprint density at radius 1 is 1.09 bits per heavy atom. The van der Waals surface area contributed by atoms with Gasteiger partial charge in [0.1, 0.15) is 22.9 Å². The van der Waals surface area contributed by atoms with Gasteiger partial charge in [-0.15, -0.1) is 5.10 Å². The van der Waals surface area contributed by atoms with Crippen LogP contribution in [0.2, 0.25) is 0 Å². The van der Waals surface area contributed by atoms with E-state index in [0.29, 0.717) is 34.1 Å². The fourth-order valence-corrected chi connectivity index (χ4v) is 3.26. The number of hydrogen-bond donors (Lipinski definition) is 2. The Kier molecular flexibility index (Phi) is 6.57. The van der Waals surface area contributed by atoms with Crippen LogP contribution in [0.25, 0.3) is 17.1 Å². The van der Waals surface area contributed by atoms with Crippen LogP contribution >= 0.6 is 0 Å². The molecule has 0 saturated heterocycles. The third-order valence-electron chi connectivity index (χ3n) is 5.02. The van der Waals surface area contributed by atoms with Gasteiger partial charge in [0.25, 0.3) is 5.91 Å². The molecule has 0 fully saturated rings. The summed E-state index contributed by atoms with van der Waals surface area (Å²) < 4.78 is 22.0. The summed E-state index contributed by atoms with van der Waals surface area (Å²) in [6.07, 6.45) is 1.39. The Bertz CT molecular complexity index is 1350. The molecule has 0 spiro atoms. The number of hydrogen-bond acceptors (Lipinski definition) is 11. The van der Waals surface area contributed by atoms with Crippen LogP contribution in [0, 0.1) is 6.92 Å². The number of nitrogens with one attached hydrogen (secondary N) is 1. The molecule has 1 amide bonds. The molecule has 13 heteroatoms. The lowest BCUT2D eigenvalue weighted by atomic mass is 10.1. The molecule has 4 aromatic rings. The Labute approximate surface area is 199 Å². The van der Waals surface area contributed by atoms with Gasteiger partial charge >= 0.3 is 0 Å². The summed E-state index contributed by atoms with van der Waals surface area (Å²) in [4.78, 5) is 13.1. The second kappa shape index (κ2) is 9.91. The van der Waals surface area contributed by atoms with Gasteiger partial charge in [0, 0.05) is 17.7 Å². The molecule has 0 saturated carbocycles. The summed E-state index contributed by atoms with van der Waals surface area (Å²) in [7, 11) is 4.53. The van der Waals surface area contributed by atoms with Crippen LogP contribution < -0.4 is 25.4 Å². The van der Waals surface area contributed by atoms with Crippen molar-refractivity contribution >= 4 is 17.9 Å². The molecule has 35 heavy (non-hydrogen) atoms. The van der Waals surface area contributed by atoms with Crippen molar-refractivity contribution in [3.05, 3.63) is 53.2 Å². The molecule has 0 aliphatic carbocycles. The van der Waals surface area contributed by atoms with Crippen molar-refractivity contribution < 1.29 is 23.6 Å². The molecular formula is C22H22N8O5. The maximum Gasteiger partial charge on any atom is 0.294 e. The van der Waals surface area contributed by atoms with E-state index in [9.17, 15) is 4.79 Å². The van der Waals surface area contributed by atoms with Crippen LogP contribution in [0.15, 0.2) is 46.1 Å². The smallest absolute Gasteiger partial charge is 0.294 e. The minimum atomic E-state index is -0.621. The van der Waals surface area contributed by atoms with E-state index in [0.717, 1.165) is 5.56 Å². The Balaban J connectivity index is 1.68.